The van der Waals surface area contributed by atoms with Crippen molar-refractivity contribution in [2.75, 3.05) is 12.3 Å². The first kappa shape index (κ1) is 14.4. The molecule has 0 saturated carbocycles. The van der Waals surface area contributed by atoms with E-state index in [0.29, 0.717) is 11.2 Å². The van der Waals surface area contributed by atoms with E-state index in [-0.39, 0.29) is 17.4 Å². The number of hydrogen-bond acceptors (Lipinski definition) is 8. The van der Waals surface area contributed by atoms with Crippen LogP contribution in [0.15, 0.2) is 11.4 Å². The minimum Gasteiger partial charge on any atom is -0.481 e. The Balaban J connectivity index is 2.04. The number of aliphatic hydroxyl groups is 1. The molecule has 1 aliphatic heterocycles. The highest BCUT2D eigenvalue weighted by Crippen LogP contribution is 2.44. The monoisotopic (exact) mass is 355 g/mol. The van der Waals surface area contributed by atoms with Crippen molar-refractivity contribution >= 4 is 35.7 Å². The summed E-state index contributed by atoms with van der Waals surface area (Å²) in [7, 11) is 0. The molecule has 130 valence electrons. The van der Waals surface area contributed by atoms with E-state index in [1.807, 2.05) is 0 Å². The van der Waals surface area contributed by atoms with Crippen LogP contribution in [0.1, 0.15) is 29.2 Å². The number of nitrogens with zero attached hydrogens (tertiary/aromatic N) is 4. The van der Waals surface area contributed by atoms with E-state index < -0.39 is 36.2 Å². The van der Waals surface area contributed by atoms with Crippen LogP contribution in [0.2, 0.25) is 0 Å². The lowest BCUT2D eigenvalue weighted by Crippen LogP contribution is -2.38. The minimum absolute atomic E-state index is 0.0151. The summed E-state index contributed by atoms with van der Waals surface area (Å²) in [6.07, 6.45) is -0.562. The fraction of sp³-hybridized carbons (Fsp3) is 0.571. The number of aromatic nitrogens is 4. The number of fused-ring (bicyclic) bond motifs is 1. The number of thiol groups is 1. The lowest BCUT2D eigenvalue weighted by Gasteiger charge is -2.29. The molecule has 10 heteroatoms. The third-order valence-corrected chi connectivity index (χ3v) is 4.77. The Kier molecular flexibility index (Phi) is 3.53. The first-order valence-corrected chi connectivity index (χ1v) is 7.68. The normalized spacial score (nSPS) is 26.4. The molecule has 3 atom stereocenters. The molecule has 0 amide bonds. The molecule has 9 nitrogen and oxygen atoms in total. The Hall–Kier alpha value is -1.91. The van der Waals surface area contributed by atoms with Gasteiger partial charge in [0.05, 0.1) is 27.1 Å². The van der Waals surface area contributed by atoms with Crippen LogP contribution in [0.25, 0.3) is 11.2 Å². The molecule has 1 saturated heterocycles. The zero-order valence-corrected chi connectivity index (χ0v) is 13.9. The molecule has 24 heavy (non-hydrogen) atoms. The second kappa shape index (κ2) is 5.87. The number of carbonyl (C=O) groups is 1. The lowest BCUT2D eigenvalue weighted by atomic mass is 9.75. The molecule has 3 heterocycles. The molecular weight excluding hydrogens is 334 g/mol. The molecule has 2 aromatic rings. The van der Waals surface area contributed by atoms with Crippen molar-refractivity contribution in [3.8, 4) is 0 Å². The third kappa shape index (κ3) is 2.60. The Morgan fingerprint density at radius 2 is 2.33 bits per heavy atom. The van der Waals surface area contributed by atoms with Gasteiger partial charge in [-0.15, -0.1) is 12.6 Å². The number of nitrogen functional groups attached to an aromatic ring is 1. The highest BCUT2D eigenvalue weighted by molar-refractivity contribution is 7.80. The number of nitrogens with two attached hydrogens (primary N) is 1. The van der Waals surface area contributed by atoms with Gasteiger partial charge in [-0.2, -0.15) is 4.98 Å². The van der Waals surface area contributed by atoms with Crippen LogP contribution in [-0.4, -0.2) is 48.4 Å². The Labute approximate surface area is 146 Å². The number of ether oxygens (including phenoxy) is 1. The van der Waals surface area contributed by atoms with Gasteiger partial charge in [-0.05, 0) is 20.3 Å². The summed E-state index contributed by atoms with van der Waals surface area (Å²) >= 11 is 4.20. The second-order valence-corrected chi connectivity index (χ2v) is 6.66. The van der Waals surface area contributed by atoms with Gasteiger partial charge in [0, 0.05) is 5.92 Å². The number of imidazole rings is 1. The van der Waals surface area contributed by atoms with E-state index in [2.05, 4.69) is 27.6 Å². The van der Waals surface area contributed by atoms with E-state index in [4.69, 9.17) is 13.2 Å². The van der Waals surface area contributed by atoms with E-state index in [9.17, 15) is 15.0 Å². The number of anilines is 1. The Morgan fingerprint density at radius 1 is 1.62 bits per heavy atom. The average molecular weight is 355 g/mol. The molecule has 0 spiro atoms. The summed E-state index contributed by atoms with van der Waals surface area (Å²) in [5.74, 6) is -1.92. The highest BCUT2D eigenvalue weighted by atomic mass is 32.1. The van der Waals surface area contributed by atoms with Crippen LogP contribution < -0.4 is 5.73 Å². The van der Waals surface area contributed by atoms with E-state index in [1.54, 1.807) is 0 Å². The molecule has 1 fully saturated rings. The van der Waals surface area contributed by atoms with E-state index in [1.165, 1.54) is 24.7 Å². The zero-order chi connectivity index (χ0) is 19.4. The van der Waals surface area contributed by atoms with Crippen LogP contribution in [0.5, 0.6) is 0 Å². The Morgan fingerprint density at radius 3 is 2.96 bits per heavy atom. The van der Waals surface area contributed by atoms with Gasteiger partial charge >= 0.3 is 5.97 Å². The molecule has 4 N–H and O–H groups in total. The van der Waals surface area contributed by atoms with Gasteiger partial charge in [0.15, 0.2) is 5.65 Å². The van der Waals surface area contributed by atoms with Gasteiger partial charge in [-0.1, -0.05) is 0 Å². The molecule has 0 aromatic carbocycles. The maximum Gasteiger partial charge on any atom is 0.309 e. The predicted molar refractivity (Wildman–Crippen MR) is 87.5 cm³/mol. The first-order chi connectivity index (χ1) is 11.9. The van der Waals surface area contributed by atoms with Crippen molar-refractivity contribution < 1.29 is 22.5 Å². The van der Waals surface area contributed by atoms with Gasteiger partial charge in [0.1, 0.15) is 16.8 Å². The number of carboxylic acids is 1. The second-order valence-electron chi connectivity index (χ2n) is 6.24. The largest absolute Gasteiger partial charge is 0.481 e. The number of aliphatic carboxylic acids is 1. The summed E-state index contributed by atoms with van der Waals surface area (Å²) in [6.45, 7) is 0.232. The van der Waals surface area contributed by atoms with Crippen molar-refractivity contribution in [1.82, 2.24) is 19.5 Å². The molecule has 3 rings (SSSR count). The molecule has 1 aliphatic rings. The van der Waals surface area contributed by atoms with Crippen LogP contribution in [0.4, 0.5) is 5.95 Å². The summed E-state index contributed by atoms with van der Waals surface area (Å²) in [5, 5.41) is 19.7. The smallest absolute Gasteiger partial charge is 0.309 e. The van der Waals surface area contributed by atoms with Crippen molar-refractivity contribution in [1.29, 1.82) is 0 Å². The average Bonchev–Trinajstić information content (AvgIpc) is 3.10. The molecule has 2 aromatic heterocycles. The van der Waals surface area contributed by atoms with Crippen molar-refractivity contribution in [2.45, 2.75) is 37.6 Å². The van der Waals surface area contributed by atoms with Gasteiger partial charge in [0.25, 0.3) is 0 Å². The van der Waals surface area contributed by atoms with Crippen molar-refractivity contribution in [2.24, 2.45) is 11.3 Å². The third-order valence-electron chi connectivity index (χ3n) is 4.46. The lowest BCUT2D eigenvalue weighted by molar-refractivity contribution is -0.152. The summed E-state index contributed by atoms with van der Waals surface area (Å²) in [5.41, 5.74) is 5.05. The molecule has 0 unspecified atom stereocenters. The van der Waals surface area contributed by atoms with Crippen LogP contribution in [0, 0.1) is 11.3 Å². The maximum atomic E-state index is 11.6. The number of hydrogen-bond donors (Lipinski definition) is 4. The molecule has 0 bridgehead atoms. The topological polar surface area (TPSA) is 136 Å². The minimum atomic E-state index is -2.72. The standard InChI is InChI=1S/C14H19N5O4S/c1-14(2,12(21)22)6-3-8(23-7(6)4-20)19-5-16-9-10(19)17-13(15)18-11(9)24/h5-8,20H,3-4H2,1-2H3,(H,21,22)(H3,15,17,18,24)/t6-,7+,8-/m1/s1/i4D2. The van der Waals surface area contributed by atoms with Crippen LogP contribution >= 0.6 is 12.6 Å². The molecule has 0 radical (unpaired) electrons. The fourth-order valence-electron chi connectivity index (χ4n) is 2.92. The van der Waals surface area contributed by atoms with E-state index >= 15 is 0 Å². The summed E-state index contributed by atoms with van der Waals surface area (Å²) in [4.78, 5) is 23.8. The summed E-state index contributed by atoms with van der Waals surface area (Å²) in [6, 6.07) is 0. The SMILES string of the molecule is [2H]C([2H])(O)[C@@H]1O[C@@H](n2cnc3c(S)nc(N)nc32)C[C@H]1C(C)(C)C(=O)O. The Bertz CT molecular complexity index is 869. The fourth-order valence-corrected chi connectivity index (χ4v) is 3.18. The van der Waals surface area contributed by atoms with Gasteiger partial charge < -0.3 is 20.7 Å². The van der Waals surface area contributed by atoms with Crippen molar-refractivity contribution in [3.63, 3.8) is 0 Å². The highest BCUT2D eigenvalue weighted by Gasteiger charge is 2.48. The number of rotatable bonds is 4. The van der Waals surface area contributed by atoms with Crippen molar-refractivity contribution in [3.05, 3.63) is 6.33 Å². The summed E-state index contributed by atoms with van der Waals surface area (Å²) < 4.78 is 22.5. The van der Waals surface area contributed by atoms with Gasteiger partial charge in [0.2, 0.25) is 5.95 Å². The van der Waals surface area contributed by atoms with Crippen LogP contribution in [-0.2, 0) is 9.53 Å². The zero-order valence-electron chi connectivity index (χ0n) is 15.0. The molecular formula is C14H19N5O4S. The van der Waals surface area contributed by atoms with E-state index in [0.717, 1.165) is 0 Å². The predicted octanol–water partition coefficient (Wildman–Crippen LogP) is 0.704. The number of carboxylic acid groups (broad SMARTS) is 1. The van der Waals surface area contributed by atoms with Gasteiger partial charge in [-0.3, -0.25) is 9.36 Å². The van der Waals surface area contributed by atoms with Crippen LogP contribution in [0.3, 0.4) is 0 Å². The molecule has 0 aliphatic carbocycles. The first-order valence-electron chi connectivity index (χ1n) is 8.23. The maximum absolute atomic E-state index is 11.6. The van der Waals surface area contributed by atoms with Gasteiger partial charge in [-0.25, -0.2) is 9.97 Å². The quantitative estimate of drug-likeness (QED) is 0.465.